The lowest BCUT2D eigenvalue weighted by atomic mass is 10.1. The van der Waals surface area contributed by atoms with Crippen molar-refractivity contribution in [2.24, 2.45) is 0 Å². The van der Waals surface area contributed by atoms with Crippen molar-refractivity contribution in [3.63, 3.8) is 0 Å². The monoisotopic (exact) mass is 469 g/mol. The molecule has 0 saturated heterocycles. The van der Waals surface area contributed by atoms with Gasteiger partial charge < -0.3 is 24.6 Å². The number of hydrogen-bond acceptors (Lipinski definition) is 7. The lowest BCUT2D eigenvalue weighted by Crippen LogP contribution is -2.31. The topological polar surface area (TPSA) is 122 Å². The Morgan fingerprint density at radius 1 is 1.15 bits per heavy atom. The van der Waals surface area contributed by atoms with Gasteiger partial charge in [0.2, 0.25) is 11.7 Å². The van der Waals surface area contributed by atoms with E-state index in [1.807, 2.05) is 31.2 Å². The average Bonchev–Trinajstić information content (AvgIpc) is 3.35. The predicted octanol–water partition coefficient (Wildman–Crippen LogP) is 3.85. The first kappa shape index (κ1) is 24.7. The van der Waals surface area contributed by atoms with E-state index in [2.05, 4.69) is 20.8 Å². The van der Waals surface area contributed by atoms with Crippen LogP contribution in [0.4, 0.5) is 4.39 Å². The number of nitrogens with zero attached hydrogens (tertiary/aromatic N) is 2. The van der Waals surface area contributed by atoms with E-state index in [-0.39, 0.29) is 17.3 Å². The molecule has 34 heavy (non-hydrogen) atoms. The maximum Gasteiger partial charge on any atom is 0.259 e. The number of hydrogen-bond donors (Lipinski definition) is 3. The smallest absolute Gasteiger partial charge is 0.259 e. The maximum atomic E-state index is 13.2. The molecule has 3 N–H and O–H groups in total. The standard InChI is InChI=1S/C24H28FN5O4/c1-15-9-11-16(12-10-15)22-29-24(34-30-22)17(6-5-13-27-20(26)14-25)28-23(31)21-18(32-2)7-4-8-19(21)33-3/h4,7-12,17H,5-6,13-14H2,1-3H3,(H2,26,27)(H,28,31)/t17-/m0/s1. The van der Waals surface area contributed by atoms with Crippen molar-refractivity contribution in [2.75, 3.05) is 27.4 Å². The molecule has 1 heterocycles. The number of rotatable bonds is 11. The lowest BCUT2D eigenvalue weighted by Gasteiger charge is -2.18. The Labute approximate surface area is 197 Å². The van der Waals surface area contributed by atoms with E-state index in [1.54, 1.807) is 18.2 Å². The van der Waals surface area contributed by atoms with Crippen molar-refractivity contribution in [1.29, 1.82) is 5.41 Å². The summed E-state index contributed by atoms with van der Waals surface area (Å²) in [4.78, 5) is 17.7. The van der Waals surface area contributed by atoms with Gasteiger partial charge in [0.05, 0.1) is 14.2 Å². The molecule has 0 saturated carbocycles. The first-order valence-electron chi connectivity index (χ1n) is 10.8. The van der Waals surface area contributed by atoms with Crippen LogP contribution in [-0.2, 0) is 0 Å². The van der Waals surface area contributed by atoms with E-state index in [9.17, 15) is 9.18 Å². The zero-order valence-corrected chi connectivity index (χ0v) is 19.4. The molecule has 0 unspecified atom stereocenters. The Hall–Kier alpha value is -3.95. The second-order valence-electron chi connectivity index (χ2n) is 7.57. The van der Waals surface area contributed by atoms with Gasteiger partial charge in [-0.25, -0.2) is 4.39 Å². The Balaban J connectivity index is 1.84. The first-order valence-corrected chi connectivity index (χ1v) is 10.8. The number of benzene rings is 2. The number of carbonyl (C=O) groups excluding carboxylic acids is 1. The fourth-order valence-corrected chi connectivity index (χ4v) is 3.35. The number of methoxy groups -OCH3 is 2. The number of aromatic nitrogens is 2. The molecule has 1 aromatic heterocycles. The summed E-state index contributed by atoms with van der Waals surface area (Å²) in [5.74, 6) is 0.733. The molecule has 3 aromatic rings. The number of amidine groups is 1. The number of amides is 1. The van der Waals surface area contributed by atoms with Crippen molar-refractivity contribution in [2.45, 2.75) is 25.8 Å². The number of alkyl halides is 1. The van der Waals surface area contributed by atoms with Crippen LogP contribution in [0.2, 0.25) is 0 Å². The molecule has 0 bridgehead atoms. The summed E-state index contributed by atoms with van der Waals surface area (Å²) in [5.41, 5.74) is 2.14. The highest BCUT2D eigenvalue weighted by Gasteiger charge is 2.26. The van der Waals surface area contributed by atoms with Gasteiger partial charge in [-0.15, -0.1) is 0 Å². The molecule has 0 spiro atoms. The van der Waals surface area contributed by atoms with Gasteiger partial charge in [0.25, 0.3) is 5.91 Å². The zero-order chi connectivity index (χ0) is 24.5. The van der Waals surface area contributed by atoms with Crippen LogP contribution in [-0.4, -0.2) is 49.3 Å². The summed E-state index contributed by atoms with van der Waals surface area (Å²) >= 11 is 0. The third-order valence-electron chi connectivity index (χ3n) is 5.15. The third-order valence-corrected chi connectivity index (χ3v) is 5.15. The van der Waals surface area contributed by atoms with Crippen LogP contribution in [0.3, 0.4) is 0 Å². The average molecular weight is 470 g/mol. The van der Waals surface area contributed by atoms with Gasteiger partial charge in [-0.1, -0.05) is 41.1 Å². The quantitative estimate of drug-likeness (QED) is 0.221. The largest absolute Gasteiger partial charge is 0.496 e. The molecule has 0 fully saturated rings. The second kappa shape index (κ2) is 11.8. The van der Waals surface area contributed by atoms with E-state index in [0.29, 0.717) is 36.7 Å². The summed E-state index contributed by atoms with van der Waals surface area (Å²) in [6.45, 7) is 1.48. The fourth-order valence-electron chi connectivity index (χ4n) is 3.35. The number of aryl methyl sites for hydroxylation is 1. The molecule has 0 aliphatic heterocycles. The van der Waals surface area contributed by atoms with E-state index in [1.165, 1.54) is 14.2 Å². The van der Waals surface area contributed by atoms with Crippen molar-refractivity contribution in [1.82, 2.24) is 20.8 Å². The summed E-state index contributed by atoms with van der Waals surface area (Å²) < 4.78 is 28.7. The number of nitrogens with one attached hydrogen (secondary N) is 3. The minimum absolute atomic E-state index is 0.196. The van der Waals surface area contributed by atoms with Gasteiger partial charge in [-0.2, -0.15) is 4.98 Å². The van der Waals surface area contributed by atoms with Gasteiger partial charge in [0.15, 0.2) is 0 Å². The molecular weight excluding hydrogens is 441 g/mol. The highest BCUT2D eigenvalue weighted by atomic mass is 19.1. The van der Waals surface area contributed by atoms with Crippen molar-refractivity contribution in [3.8, 4) is 22.9 Å². The Bertz CT molecular complexity index is 1090. The lowest BCUT2D eigenvalue weighted by molar-refractivity contribution is 0.0919. The molecule has 0 radical (unpaired) electrons. The van der Waals surface area contributed by atoms with E-state index in [0.717, 1.165) is 11.1 Å². The molecule has 2 aromatic carbocycles. The van der Waals surface area contributed by atoms with Gasteiger partial charge in [-0.3, -0.25) is 10.2 Å². The second-order valence-corrected chi connectivity index (χ2v) is 7.57. The van der Waals surface area contributed by atoms with Crippen molar-refractivity contribution in [3.05, 3.63) is 59.5 Å². The van der Waals surface area contributed by atoms with Crippen LogP contribution in [0.25, 0.3) is 11.4 Å². The number of ether oxygens (including phenoxy) is 2. The van der Waals surface area contributed by atoms with Gasteiger partial charge in [-0.05, 0) is 31.9 Å². The summed E-state index contributed by atoms with van der Waals surface area (Å²) in [6, 6.07) is 12.1. The maximum absolute atomic E-state index is 13.2. The van der Waals surface area contributed by atoms with Crippen molar-refractivity contribution >= 4 is 11.7 Å². The summed E-state index contributed by atoms with van der Waals surface area (Å²) in [7, 11) is 2.95. The van der Waals surface area contributed by atoms with E-state index >= 15 is 0 Å². The van der Waals surface area contributed by atoms with Gasteiger partial charge in [0.1, 0.15) is 35.6 Å². The summed E-state index contributed by atoms with van der Waals surface area (Å²) in [6.07, 6.45) is 0.921. The molecule has 180 valence electrons. The molecule has 10 heteroatoms. The van der Waals surface area contributed by atoms with Crippen LogP contribution in [0, 0.1) is 12.3 Å². The van der Waals surface area contributed by atoms with Crippen LogP contribution in [0.5, 0.6) is 11.5 Å². The first-order chi connectivity index (χ1) is 16.5. The molecule has 1 amide bonds. The van der Waals surface area contributed by atoms with Crippen molar-refractivity contribution < 1.29 is 23.2 Å². The highest BCUT2D eigenvalue weighted by molar-refractivity contribution is 5.99. The van der Waals surface area contributed by atoms with Gasteiger partial charge >= 0.3 is 0 Å². The molecular formula is C24H28FN5O4. The normalized spacial score (nSPS) is 11.5. The van der Waals surface area contributed by atoms with Crippen LogP contribution < -0.4 is 20.1 Å². The molecule has 0 aliphatic rings. The minimum Gasteiger partial charge on any atom is -0.496 e. The zero-order valence-electron chi connectivity index (χ0n) is 19.4. The van der Waals surface area contributed by atoms with E-state index in [4.69, 9.17) is 19.4 Å². The fraction of sp³-hybridized carbons (Fsp3) is 0.333. The Morgan fingerprint density at radius 3 is 2.44 bits per heavy atom. The number of carbonyl (C=O) groups is 1. The van der Waals surface area contributed by atoms with Gasteiger partial charge in [0, 0.05) is 12.1 Å². The summed E-state index contributed by atoms with van der Waals surface area (Å²) in [5, 5.41) is 17.1. The Morgan fingerprint density at radius 2 is 1.82 bits per heavy atom. The van der Waals surface area contributed by atoms with Crippen LogP contribution in [0.15, 0.2) is 47.0 Å². The number of halogens is 1. The Kier molecular flexibility index (Phi) is 8.55. The van der Waals surface area contributed by atoms with Crippen LogP contribution >= 0.6 is 0 Å². The highest BCUT2D eigenvalue weighted by Crippen LogP contribution is 2.29. The molecule has 0 aliphatic carbocycles. The van der Waals surface area contributed by atoms with E-state index < -0.39 is 18.6 Å². The molecule has 1 atom stereocenters. The minimum atomic E-state index is -0.864. The SMILES string of the molecule is COc1cccc(OC)c1C(=O)N[C@@H](CCCNC(=N)CF)c1nc(-c2ccc(C)cc2)no1. The third kappa shape index (κ3) is 6.09. The van der Waals surface area contributed by atoms with Crippen LogP contribution in [0.1, 0.15) is 40.7 Å². The predicted molar refractivity (Wildman–Crippen MR) is 125 cm³/mol. The molecule has 3 rings (SSSR count). The molecule has 9 nitrogen and oxygen atoms in total.